The van der Waals surface area contributed by atoms with Gasteiger partial charge < -0.3 is 15.8 Å². The first kappa shape index (κ1) is 27.5. The van der Waals surface area contributed by atoms with Gasteiger partial charge in [-0.15, -0.1) is 0 Å². The van der Waals surface area contributed by atoms with E-state index in [2.05, 4.69) is 10.3 Å². The van der Waals surface area contributed by atoms with Crippen LogP contribution in [-0.2, 0) is 26.3 Å². The molecule has 0 aliphatic carbocycles. The van der Waals surface area contributed by atoms with Crippen molar-refractivity contribution in [1.29, 1.82) is 0 Å². The first-order valence-electron chi connectivity index (χ1n) is 13.0. The Hall–Kier alpha value is -4.53. The summed E-state index contributed by atoms with van der Waals surface area (Å²) in [6, 6.07) is 21.8. The lowest BCUT2D eigenvalue weighted by Crippen LogP contribution is -2.44. The van der Waals surface area contributed by atoms with E-state index in [9.17, 15) is 14.4 Å². The Morgan fingerprint density at radius 1 is 0.974 bits per heavy atom. The number of methoxy groups -OCH3 is 1. The number of benzene rings is 2. The highest BCUT2D eigenvalue weighted by Crippen LogP contribution is 2.39. The highest BCUT2D eigenvalue weighted by atomic mass is 16.5. The lowest BCUT2D eigenvalue weighted by molar-refractivity contribution is -0.130. The second-order valence-electron chi connectivity index (χ2n) is 9.40. The van der Waals surface area contributed by atoms with Gasteiger partial charge in [0, 0.05) is 31.8 Å². The van der Waals surface area contributed by atoms with Gasteiger partial charge in [0.15, 0.2) is 17.3 Å². The van der Waals surface area contributed by atoms with Gasteiger partial charge >= 0.3 is 6.09 Å². The van der Waals surface area contributed by atoms with Crippen molar-refractivity contribution in [2.75, 3.05) is 13.7 Å². The molecule has 0 saturated carbocycles. The van der Waals surface area contributed by atoms with Gasteiger partial charge in [0.2, 0.25) is 0 Å². The number of Topliss-reactive ketones (excluding diaryl/α,β-unsaturated/α-hetero) is 1. The fraction of sp³-hybridized carbons (Fsp3) is 0.300. The van der Waals surface area contributed by atoms with Gasteiger partial charge in [-0.25, -0.2) is 9.79 Å². The number of pyridine rings is 1. The molecule has 0 fully saturated rings. The Morgan fingerprint density at radius 2 is 1.64 bits per heavy atom. The summed E-state index contributed by atoms with van der Waals surface area (Å²) in [5.41, 5.74) is 7.44. The number of hydrogen-bond donors (Lipinski definition) is 2. The van der Waals surface area contributed by atoms with Crippen LogP contribution in [-0.4, -0.2) is 53.3 Å². The van der Waals surface area contributed by atoms with Gasteiger partial charge in [-0.3, -0.25) is 19.5 Å². The van der Waals surface area contributed by atoms with Crippen molar-refractivity contribution in [2.24, 2.45) is 10.7 Å². The van der Waals surface area contributed by atoms with Gasteiger partial charge in [0.25, 0.3) is 5.91 Å². The fourth-order valence-corrected chi connectivity index (χ4v) is 4.82. The third kappa shape index (κ3) is 6.31. The number of carbonyl (C=O) groups is 3. The molecule has 0 bridgehead atoms. The lowest BCUT2D eigenvalue weighted by Gasteiger charge is -2.27. The number of guanidine groups is 1. The number of carbonyl (C=O) groups excluding carboxylic acids is 3. The van der Waals surface area contributed by atoms with E-state index in [-0.39, 0.29) is 24.1 Å². The smallest absolute Gasteiger partial charge is 0.407 e. The molecular weight excluding hydrogens is 494 g/mol. The monoisotopic (exact) mass is 527 g/mol. The summed E-state index contributed by atoms with van der Waals surface area (Å²) in [6.07, 6.45) is 5.23. The molecule has 39 heavy (non-hydrogen) atoms. The molecule has 0 saturated heterocycles. The van der Waals surface area contributed by atoms with Crippen molar-refractivity contribution in [3.8, 4) is 0 Å². The maximum absolute atomic E-state index is 13.8. The van der Waals surface area contributed by atoms with Gasteiger partial charge in [-0.2, -0.15) is 0 Å². The lowest BCUT2D eigenvalue weighted by atomic mass is 9.83. The minimum absolute atomic E-state index is 0.0882. The van der Waals surface area contributed by atoms with Gasteiger partial charge in [-0.05, 0) is 35.6 Å². The van der Waals surface area contributed by atoms with Gasteiger partial charge in [0.1, 0.15) is 0 Å². The highest BCUT2D eigenvalue weighted by Gasteiger charge is 2.50. The van der Waals surface area contributed by atoms with Crippen molar-refractivity contribution >= 4 is 23.7 Å². The normalized spacial score (nSPS) is 14.9. The van der Waals surface area contributed by atoms with E-state index in [0.29, 0.717) is 32.2 Å². The zero-order valence-corrected chi connectivity index (χ0v) is 22.0. The number of rotatable bonds is 12. The van der Waals surface area contributed by atoms with Crippen molar-refractivity contribution in [3.05, 3.63) is 102 Å². The van der Waals surface area contributed by atoms with Crippen LogP contribution < -0.4 is 11.1 Å². The van der Waals surface area contributed by atoms with Crippen LogP contribution >= 0.6 is 0 Å². The maximum atomic E-state index is 13.8. The van der Waals surface area contributed by atoms with Crippen molar-refractivity contribution in [1.82, 2.24) is 15.2 Å². The van der Waals surface area contributed by atoms with Crippen LogP contribution in [0.3, 0.4) is 0 Å². The summed E-state index contributed by atoms with van der Waals surface area (Å²) in [5, 5.41) is 2.63. The predicted octanol–water partition coefficient (Wildman–Crippen LogP) is 3.58. The summed E-state index contributed by atoms with van der Waals surface area (Å²) in [6.45, 7) is 0.392. The number of amides is 2. The summed E-state index contributed by atoms with van der Waals surface area (Å²) in [5.74, 6) is -0.0929. The molecule has 202 valence electrons. The van der Waals surface area contributed by atoms with E-state index in [1.165, 1.54) is 12.0 Å². The molecule has 1 aromatic heterocycles. The molecule has 1 atom stereocenters. The molecule has 0 spiro atoms. The molecule has 1 aliphatic rings. The summed E-state index contributed by atoms with van der Waals surface area (Å²) in [7, 11) is 1.26. The zero-order valence-electron chi connectivity index (χ0n) is 22.0. The molecule has 3 N–H and O–H groups in total. The quantitative estimate of drug-likeness (QED) is 0.347. The topological polar surface area (TPSA) is 127 Å². The molecule has 1 aliphatic heterocycles. The molecule has 9 nitrogen and oxygen atoms in total. The van der Waals surface area contributed by atoms with Crippen molar-refractivity contribution < 1.29 is 19.1 Å². The average Bonchev–Trinajstić information content (AvgIpc) is 3.23. The summed E-state index contributed by atoms with van der Waals surface area (Å²) >= 11 is 0. The van der Waals surface area contributed by atoms with E-state index in [0.717, 1.165) is 16.7 Å². The number of nitrogens with zero attached hydrogens (tertiary/aromatic N) is 3. The number of hydrogen-bond acceptors (Lipinski definition) is 7. The Labute approximate surface area is 228 Å². The standard InChI is InChI=1S/C30H33N5O4/c1-39-29(38)33-25(20-22-12-11-18-32-21-22)26(36)17-9-4-10-19-35-27(37)30(34-28(35)31,23-13-5-2-6-14-23)24-15-7-3-8-16-24/h2-3,5-8,11-16,18,21,25H,4,9-10,17,19-20H2,1H3,(H2,31,34)(H,33,38)/t25-/m0/s1. The van der Waals surface area contributed by atoms with Crippen molar-refractivity contribution in [2.45, 2.75) is 43.7 Å². The Bertz CT molecular complexity index is 1260. The number of nitrogens with one attached hydrogen (secondary N) is 1. The predicted molar refractivity (Wildman–Crippen MR) is 148 cm³/mol. The first-order chi connectivity index (χ1) is 19.0. The van der Waals surface area contributed by atoms with Crippen LogP contribution in [0.5, 0.6) is 0 Å². The second kappa shape index (κ2) is 12.8. The van der Waals surface area contributed by atoms with Gasteiger partial charge in [-0.1, -0.05) is 73.2 Å². The number of unbranched alkanes of at least 4 members (excludes halogenated alkanes) is 2. The van der Waals surface area contributed by atoms with Crippen LogP contribution in [0.1, 0.15) is 42.4 Å². The fourth-order valence-electron chi connectivity index (χ4n) is 4.82. The van der Waals surface area contributed by atoms with Crippen LogP contribution in [0, 0.1) is 0 Å². The molecule has 2 amide bonds. The second-order valence-corrected chi connectivity index (χ2v) is 9.40. The third-order valence-electron chi connectivity index (χ3n) is 6.83. The molecule has 0 radical (unpaired) electrons. The van der Waals surface area contributed by atoms with E-state index < -0.39 is 17.7 Å². The molecule has 2 heterocycles. The Balaban J connectivity index is 1.36. The summed E-state index contributed by atoms with van der Waals surface area (Å²) in [4.78, 5) is 48.9. The summed E-state index contributed by atoms with van der Waals surface area (Å²) < 4.78 is 4.69. The van der Waals surface area contributed by atoms with Gasteiger partial charge in [0.05, 0.1) is 13.2 Å². The number of alkyl carbamates (subject to hydrolysis) is 1. The largest absolute Gasteiger partial charge is 0.453 e. The van der Waals surface area contributed by atoms with Crippen LogP contribution in [0.2, 0.25) is 0 Å². The zero-order chi connectivity index (χ0) is 27.7. The third-order valence-corrected chi connectivity index (χ3v) is 6.83. The van der Waals surface area contributed by atoms with Crippen LogP contribution in [0.15, 0.2) is 90.2 Å². The molecule has 2 aromatic carbocycles. The number of aliphatic imine (C=N–C) groups is 1. The average molecular weight is 528 g/mol. The number of aromatic nitrogens is 1. The molecule has 9 heteroatoms. The van der Waals surface area contributed by atoms with E-state index >= 15 is 0 Å². The van der Waals surface area contributed by atoms with E-state index in [1.54, 1.807) is 18.5 Å². The molecular formula is C30H33N5O4. The number of nitrogens with two attached hydrogens (primary N) is 1. The van der Waals surface area contributed by atoms with E-state index in [1.807, 2.05) is 66.7 Å². The Morgan fingerprint density at radius 3 is 2.23 bits per heavy atom. The minimum atomic E-state index is -1.22. The highest BCUT2D eigenvalue weighted by molar-refractivity contribution is 6.09. The number of ketones is 1. The maximum Gasteiger partial charge on any atom is 0.407 e. The van der Waals surface area contributed by atoms with Crippen molar-refractivity contribution in [3.63, 3.8) is 0 Å². The van der Waals surface area contributed by atoms with Crippen LogP contribution in [0.25, 0.3) is 0 Å². The molecule has 3 aromatic rings. The minimum Gasteiger partial charge on any atom is -0.453 e. The molecule has 0 unspecified atom stereocenters. The van der Waals surface area contributed by atoms with E-state index in [4.69, 9.17) is 15.5 Å². The first-order valence-corrected chi connectivity index (χ1v) is 13.0. The SMILES string of the molecule is COC(=O)N[C@@H](Cc1cccnc1)C(=O)CCCCCN1C(=O)C(c2ccccc2)(c2ccccc2)N=C1N. The Kier molecular flexibility index (Phi) is 9.04. The molecule has 4 rings (SSSR count). The number of ether oxygens (including phenoxy) is 1. The van der Waals surface area contributed by atoms with Crippen LogP contribution in [0.4, 0.5) is 4.79 Å².